The minimum atomic E-state index is -3.75. The Morgan fingerprint density at radius 1 is 1.23 bits per heavy atom. The Bertz CT molecular complexity index is 886. The average Bonchev–Trinajstić information content (AvgIpc) is 2.83. The second-order valence-electron chi connectivity index (χ2n) is 6.33. The minimum Gasteiger partial charge on any atom is -0.461 e. The van der Waals surface area contributed by atoms with Gasteiger partial charge in [0.1, 0.15) is 10.6 Å². The standard InChI is InChI=1S/C19H26N2O4S/c1-6-25-19(22)17-14(3)18(15(4)21(17)5)26(23,24)20-12-13(2)16-10-8-7-9-11-16/h7-11,13,20H,6,12H2,1-5H3/t13-/m0/s1. The maximum Gasteiger partial charge on any atom is 0.355 e. The first-order valence-corrected chi connectivity index (χ1v) is 10.1. The molecule has 0 aliphatic heterocycles. The molecule has 2 rings (SSSR count). The van der Waals surface area contributed by atoms with E-state index in [1.807, 2.05) is 37.3 Å². The predicted molar refractivity (Wildman–Crippen MR) is 101 cm³/mol. The average molecular weight is 378 g/mol. The largest absolute Gasteiger partial charge is 0.461 e. The molecule has 0 aliphatic rings. The van der Waals surface area contributed by atoms with E-state index in [1.165, 1.54) is 0 Å². The van der Waals surface area contributed by atoms with Crippen molar-refractivity contribution >= 4 is 16.0 Å². The highest BCUT2D eigenvalue weighted by atomic mass is 32.2. The van der Waals surface area contributed by atoms with Gasteiger partial charge >= 0.3 is 5.97 Å². The monoisotopic (exact) mass is 378 g/mol. The van der Waals surface area contributed by atoms with Crippen LogP contribution in [0, 0.1) is 13.8 Å². The molecule has 0 saturated heterocycles. The summed E-state index contributed by atoms with van der Waals surface area (Å²) in [5.74, 6) is -0.491. The molecule has 6 nitrogen and oxygen atoms in total. The first-order valence-electron chi connectivity index (χ1n) is 8.58. The van der Waals surface area contributed by atoms with Crippen molar-refractivity contribution in [3.05, 3.63) is 52.8 Å². The quantitative estimate of drug-likeness (QED) is 0.752. The summed E-state index contributed by atoms with van der Waals surface area (Å²) >= 11 is 0. The van der Waals surface area contributed by atoms with Crippen LogP contribution >= 0.6 is 0 Å². The van der Waals surface area contributed by atoms with Gasteiger partial charge in [-0.1, -0.05) is 37.3 Å². The highest BCUT2D eigenvalue weighted by Gasteiger charge is 2.29. The molecule has 26 heavy (non-hydrogen) atoms. The highest BCUT2D eigenvalue weighted by Crippen LogP contribution is 2.26. The zero-order valence-electron chi connectivity index (χ0n) is 15.9. The lowest BCUT2D eigenvalue weighted by atomic mass is 10.0. The Hall–Kier alpha value is -2.12. The van der Waals surface area contributed by atoms with Crippen molar-refractivity contribution in [1.82, 2.24) is 9.29 Å². The van der Waals surface area contributed by atoms with E-state index in [9.17, 15) is 13.2 Å². The van der Waals surface area contributed by atoms with Gasteiger partial charge in [0, 0.05) is 24.8 Å². The molecule has 0 amide bonds. The number of carbonyl (C=O) groups is 1. The topological polar surface area (TPSA) is 77.4 Å². The molecule has 1 N–H and O–H groups in total. The molecule has 1 heterocycles. The Morgan fingerprint density at radius 3 is 2.42 bits per heavy atom. The summed E-state index contributed by atoms with van der Waals surface area (Å²) in [6.07, 6.45) is 0. The molecule has 1 aromatic heterocycles. The number of rotatable bonds is 7. The van der Waals surface area contributed by atoms with Crippen molar-refractivity contribution in [2.75, 3.05) is 13.2 Å². The molecule has 0 saturated carbocycles. The lowest BCUT2D eigenvalue weighted by Gasteiger charge is -2.14. The zero-order chi connectivity index (χ0) is 19.5. The summed E-state index contributed by atoms with van der Waals surface area (Å²) in [6.45, 7) is 7.51. The van der Waals surface area contributed by atoms with E-state index in [1.54, 1.807) is 32.4 Å². The van der Waals surface area contributed by atoms with Gasteiger partial charge in [0.25, 0.3) is 0 Å². The molecule has 0 aliphatic carbocycles. The van der Waals surface area contributed by atoms with Crippen molar-refractivity contribution in [2.24, 2.45) is 7.05 Å². The number of aromatic nitrogens is 1. The normalized spacial score (nSPS) is 12.8. The molecule has 0 spiro atoms. The minimum absolute atomic E-state index is 0.0276. The van der Waals surface area contributed by atoms with E-state index in [4.69, 9.17) is 4.74 Å². The van der Waals surface area contributed by atoms with E-state index in [0.717, 1.165) is 5.56 Å². The van der Waals surface area contributed by atoms with Gasteiger partial charge in [0.15, 0.2) is 0 Å². The number of hydrogen-bond donors (Lipinski definition) is 1. The van der Waals surface area contributed by atoms with Gasteiger partial charge in [0.05, 0.1) is 6.61 Å². The molecule has 142 valence electrons. The number of esters is 1. The SMILES string of the molecule is CCOC(=O)c1c(C)c(S(=O)(=O)NC[C@H](C)c2ccccc2)c(C)n1C. The molecule has 1 atom stereocenters. The summed E-state index contributed by atoms with van der Waals surface area (Å²) in [5.41, 5.74) is 2.23. The third kappa shape index (κ3) is 3.99. The molecule has 0 fully saturated rings. The third-order valence-corrected chi connectivity index (χ3v) is 6.23. The number of nitrogens with one attached hydrogen (secondary N) is 1. The van der Waals surface area contributed by atoms with Crippen LogP contribution in [0.2, 0.25) is 0 Å². The van der Waals surface area contributed by atoms with Crippen LogP contribution in [0.4, 0.5) is 0 Å². The van der Waals surface area contributed by atoms with E-state index in [-0.39, 0.29) is 29.7 Å². The van der Waals surface area contributed by atoms with Crippen LogP contribution in [-0.4, -0.2) is 32.1 Å². The fraction of sp³-hybridized carbons (Fsp3) is 0.421. The molecule has 0 unspecified atom stereocenters. The Balaban J connectivity index is 2.29. The van der Waals surface area contributed by atoms with Crippen LogP contribution < -0.4 is 4.72 Å². The second kappa shape index (κ2) is 8.05. The predicted octanol–water partition coefficient (Wildman–Crippen LogP) is 2.90. The summed E-state index contributed by atoms with van der Waals surface area (Å²) in [7, 11) is -2.09. The number of ether oxygens (including phenoxy) is 1. The lowest BCUT2D eigenvalue weighted by molar-refractivity contribution is 0.0514. The molecule has 0 radical (unpaired) electrons. The van der Waals surface area contributed by atoms with E-state index >= 15 is 0 Å². The van der Waals surface area contributed by atoms with Gasteiger partial charge < -0.3 is 9.30 Å². The van der Waals surface area contributed by atoms with Gasteiger partial charge in [0.2, 0.25) is 10.0 Å². The molecular weight excluding hydrogens is 352 g/mol. The Kier molecular flexibility index (Phi) is 6.26. The van der Waals surface area contributed by atoms with Crippen molar-refractivity contribution in [3.8, 4) is 0 Å². The summed E-state index contributed by atoms with van der Waals surface area (Å²) in [5, 5.41) is 0. The van der Waals surface area contributed by atoms with Gasteiger partial charge in [-0.15, -0.1) is 0 Å². The van der Waals surface area contributed by atoms with E-state index < -0.39 is 16.0 Å². The zero-order valence-corrected chi connectivity index (χ0v) is 16.7. The summed E-state index contributed by atoms with van der Waals surface area (Å²) in [6, 6.07) is 9.72. The third-order valence-electron chi connectivity index (χ3n) is 4.55. The first kappa shape index (κ1) is 20.2. The van der Waals surface area contributed by atoms with Crippen LogP contribution in [0.5, 0.6) is 0 Å². The van der Waals surface area contributed by atoms with Gasteiger partial charge in [-0.2, -0.15) is 0 Å². The van der Waals surface area contributed by atoms with Crippen molar-refractivity contribution in [1.29, 1.82) is 0 Å². The molecular formula is C19H26N2O4S. The van der Waals surface area contributed by atoms with Crippen LogP contribution in [0.15, 0.2) is 35.2 Å². The number of hydrogen-bond acceptors (Lipinski definition) is 4. The second-order valence-corrected chi connectivity index (χ2v) is 8.04. The molecule has 0 bridgehead atoms. The van der Waals surface area contributed by atoms with Crippen LogP contribution in [0.25, 0.3) is 0 Å². The fourth-order valence-corrected chi connectivity index (χ4v) is 4.68. The van der Waals surface area contributed by atoms with Crippen molar-refractivity contribution in [2.45, 2.75) is 38.5 Å². The van der Waals surface area contributed by atoms with E-state index in [0.29, 0.717) is 11.3 Å². The first-order chi connectivity index (χ1) is 12.2. The van der Waals surface area contributed by atoms with Crippen LogP contribution in [-0.2, 0) is 21.8 Å². The highest BCUT2D eigenvalue weighted by molar-refractivity contribution is 7.89. The van der Waals surface area contributed by atoms with E-state index in [2.05, 4.69) is 4.72 Å². The number of benzene rings is 1. The van der Waals surface area contributed by atoms with Crippen molar-refractivity contribution < 1.29 is 17.9 Å². The number of nitrogens with zero attached hydrogens (tertiary/aromatic N) is 1. The van der Waals surface area contributed by atoms with Gasteiger partial charge in [-0.05, 0) is 32.3 Å². The number of carbonyl (C=O) groups excluding carboxylic acids is 1. The summed E-state index contributed by atoms with van der Waals surface area (Å²) < 4.78 is 35.1. The van der Waals surface area contributed by atoms with Crippen LogP contribution in [0.3, 0.4) is 0 Å². The van der Waals surface area contributed by atoms with Gasteiger partial charge in [-0.3, -0.25) is 0 Å². The fourth-order valence-electron chi connectivity index (χ4n) is 3.04. The maximum absolute atomic E-state index is 12.9. The van der Waals surface area contributed by atoms with Crippen molar-refractivity contribution in [3.63, 3.8) is 0 Å². The summed E-state index contributed by atoms with van der Waals surface area (Å²) in [4.78, 5) is 12.3. The molecule has 2 aromatic rings. The maximum atomic E-state index is 12.9. The molecule has 7 heteroatoms. The smallest absolute Gasteiger partial charge is 0.355 e. The van der Waals surface area contributed by atoms with Gasteiger partial charge in [-0.25, -0.2) is 17.9 Å². The number of sulfonamides is 1. The molecule has 1 aromatic carbocycles. The Labute approximate surface area is 155 Å². The lowest BCUT2D eigenvalue weighted by Crippen LogP contribution is -2.28. The van der Waals surface area contributed by atoms with Crippen LogP contribution in [0.1, 0.15) is 47.1 Å². The Morgan fingerprint density at radius 2 is 1.85 bits per heavy atom.